The standard InChI is InChI=1S/C16H16N2O/c19-16-14-9-4-10-17-15(14)12-18(16)11-5-8-13-6-2-1-3-7-13/h1-4,6-7,9-10H,5,8,11-12H2. The molecule has 0 N–H and O–H groups in total. The molecule has 0 bridgehead atoms. The van der Waals surface area contributed by atoms with Gasteiger partial charge in [0.05, 0.1) is 17.8 Å². The Kier molecular flexibility index (Phi) is 3.27. The fourth-order valence-electron chi connectivity index (χ4n) is 2.48. The number of rotatable bonds is 4. The van der Waals surface area contributed by atoms with Gasteiger partial charge in [0.25, 0.3) is 5.91 Å². The summed E-state index contributed by atoms with van der Waals surface area (Å²) in [7, 11) is 0. The van der Waals surface area contributed by atoms with Crippen molar-refractivity contribution in [1.29, 1.82) is 0 Å². The van der Waals surface area contributed by atoms with Crippen molar-refractivity contribution >= 4 is 5.91 Å². The predicted molar refractivity (Wildman–Crippen MR) is 73.7 cm³/mol. The van der Waals surface area contributed by atoms with Crippen molar-refractivity contribution in [3.05, 3.63) is 65.5 Å². The number of hydrogen-bond acceptors (Lipinski definition) is 2. The van der Waals surface area contributed by atoms with Crippen molar-refractivity contribution in [3.63, 3.8) is 0 Å². The van der Waals surface area contributed by atoms with Gasteiger partial charge in [-0.2, -0.15) is 0 Å². The molecule has 1 aromatic heterocycles. The van der Waals surface area contributed by atoms with E-state index in [9.17, 15) is 4.79 Å². The minimum atomic E-state index is 0.121. The summed E-state index contributed by atoms with van der Waals surface area (Å²) in [6.07, 6.45) is 3.75. The summed E-state index contributed by atoms with van der Waals surface area (Å²) in [5.74, 6) is 0.121. The zero-order chi connectivity index (χ0) is 13.1. The first-order chi connectivity index (χ1) is 9.34. The summed E-state index contributed by atoms with van der Waals surface area (Å²) >= 11 is 0. The molecule has 0 spiro atoms. The Labute approximate surface area is 112 Å². The lowest BCUT2D eigenvalue weighted by Crippen LogP contribution is -2.25. The van der Waals surface area contributed by atoms with E-state index in [0.717, 1.165) is 30.6 Å². The predicted octanol–water partition coefficient (Wildman–Crippen LogP) is 2.67. The van der Waals surface area contributed by atoms with Crippen molar-refractivity contribution in [3.8, 4) is 0 Å². The number of carbonyl (C=O) groups excluding carboxylic acids is 1. The number of carbonyl (C=O) groups is 1. The third-order valence-electron chi connectivity index (χ3n) is 3.48. The third kappa shape index (κ3) is 2.50. The van der Waals surface area contributed by atoms with Crippen LogP contribution >= 0.6 is 0 Å². The molecule has 96 valence electrons. The highest BCUT2D eigenvalue weighted by atomic mass is 16.2. The zero-order valence-corrected chi connectivity index (χ0v) is 10.7. The van der Waals surface area contributed by atoms with Gasteiger partial charge in [-0.05, 0) is 30.5 Å². The van der Waals surface area contributed by atoms with Gasteiger partial charge in [-0.1, -0.05) is 30.3 Å². The number of pyridine rings is 1. The van der Waals surface area contributed by atoms with Gasteiger partial charge in [0.2, 0.25) is 0 Å². The molecule has 0 fully saturated rings. The number of hydrogen-bond donors (Lipinski definition) is 0. The average Bonchev–Trinajstić information content (AvgIpc) is 2.78. The van der Waals surface area contributed by atoms with Crippen LogP contribution in [0.15, 0.2) is 48.7 Å². The van der Waals surface area contributed by atoms with Gasteiger partial charge in [0, 0.05) is 12.7 Å². The Balaban J connectivity index is 1.57. The lowest BCUT2D eigenvalue weighted by atomic mass is 10.1. The minimum Gasteiger partial charge on any atom is -0.333 e. The van der Waals surface area contributed by atoms with E-state index in [0.29, 0.717) is 6.54 Å². The van der Waals surface area contributed by atoms with E-state index >= 15 is 0 Å². The molecule has 3 nitrogen and oxygen atoms in total. The summed E-state index contributed by atoms with van der Waals surface area (Å²) in [5.41, 5.74) is 3.00. The highest BCUT2D eigenvalue weighted by Gasteiger charge is 2.27. The number of benzene rings is 1. The molecular weight excluding hydrogens is 236 g/mol. The average molecular weight is 252 g/mol. The third-order valence-corrected chi connectivity index (χ3v) is 3.48. The fourth-order valence-corrected chi connectivity index (χ4v) is 2.48. The van der Waals surface area contributed by atoms with Crippen LogP contribution < -0.4 is 0 Å². The van der Waals surface area contributed by atoms with Crippen molar-refractivity contribution < 1.29 is 4.79 Å². The van der Waals surface area contributed by atoms with Crippen molar-refractivity contribution in [1.82, 2.24) is 9.88 Å². The van der Waals surface area contributed by atoms with Crippen LogP contribution in [0.5, 0.6) is 0 Å². The molecule has 0 aliphatic carbocycles. The maximum absolute atomic E-state index is 12.1. The number of amides is 1. The maximum atomic E-state index is 12.1. The molecule has 1 aromatic carbocycles. The quantitative estimate of drug-likeness (QED) is 0.838. The van der Waals surface area contributed by atoms with E-state index in [1.54, 1.807) is 6.20 Å². The highest BCUT2D eigenvalue weighted by Crippen LogP contribution is 2.20. The summed E-state index contributed by atoms with van der Waals surface area (Å²) in [6, 6.07) is 14.1. The van der Waals surface area contributed by atoms with E-state index in [-0.39, 0.29) is 5.91 Å². The second-order valence-electron chi connectivity index (χ2n) is 4.81. The first-order valence-corrected chi connectivity index (χ1v) is 6.62. The Morgan fingerprint density at radius 1 is 1.11 bits per heavy atom. The second-order valence-corrected chi connectivity index (χ2v) is 4.81. The molecule has 3 rings (SSSR count). The van der Waals surface area contributed by atoms with Crippen LogP contribution in [0.1, 0.15) is 28.0 Å². The van der Waals surface area contributed by atoms with Crippen LogP contribution in [0.2, 0.25) is 0 Å². The molecule has 1 aliphatic heterocycles. The number of aromatic nitrogens is 1. The first kappa shape index (κ1) is 11.9. The normalized spacial score (nSPS) is 13.7. The SMILES string of the molecule is O=C1c2cccnc2CN1CCCc1ccccc1. The Bertz CT molecular complexity index is 580. The highest BCUT2D eigenvalue weighted by molar-refractivity contribution is 5.97. The minimum absolute atomic E-state index is 0.121. The number of fused-ring (bicyclic) bond motifs is 1. The molecule has 19 heavy (non-hydrogen) atoms. The first-order valence-electron chi connectivity index (χ1n) is 6.62. The summed E-state index contributed by atoms with van der Waals surface area (Å²) in [6.45, 7) is 1.45. The summed E-state index contributed by atoms with van der Waals surface area (Å²) in [5, 5.41) is 0. The van der Waals surface area contributed by atoms with Gasteiger partial charge in [-0.25, -0.2) is 0 Å². The van der Waals surface area contributed by atoms with Gasteiger partial charge in [-0.3, -0.25) is 9.78 Å². The molecule has 2 aromatic rings. The molecule has 0 unspecified atom stereocenters. The van der Waals surface area contributed by atoms with E-state index in [2.05, 4.69) is 29.2 Å². The molecular formula is C16H16N2O. The van der Waals surface area contributed by atoms with Gasteiger partial charge < -0.3 is 4.90 Å². The monoisotopic (exact) mass is 252 g/mol. The van der Waals surface area contributed by atoms with Crippen LogP contribution in [0, 0.1) is 0 Å². The topological polar surface area (TPSA) is 33.2 Å². The van der Waals surface area contributed by atoms with Gasteiger partial charge in [0.15, 0.2) is 0 Å². The zero-order valence-electron chi connectivity index (χ0n) is 10.7. The van der Waals surface area contributed by atoms with E-state index in [1.165, 1.54) is 5.56 Å². The molecule has 3 heteroatoms. The van der Waals surface area contributed by atoms with Crippen LogP contribution in [0.25, 0.3) is 0 Å². The smallest absolute Gasteiger partial charge is 0.256 e. The van der Waals surface area contributed by atoms with E-state index in [1.807, 2.05) is 23.1 Å². The molecule has 1 aliphatic rings. The lowest BCUT2D eigenvalue weighted by Gasteiger charge is -2.14. The molecule has 0 radical (unpaired) electrons. The maximum Gasteiger partial charge on any atom is 0.256 e. The van der Waals surface area contributed by atoms with Crippen molar-refractivity contribution in [2.75, 3.05) is 6.54 Å². The van der Waals surface area contributed by atoms with Gasteiger partial charge in [-0.15, -0.1) is 0 Å². The lowest BCUT2D eigenvalue weighted by molar-refractivity contribution is 0.0776. The molecule has 2 heterocycles. The molecule has 0 atom stereocenters. The van der Waals surface area contributed by atoms with Crippen LogP contribution in [-0.4, -0.2) is 22.3 Å². The number of aryl methyl sites for hydroxylation is 1. The fraction of sp³-hybridized carbons (Fsp3) is 0.250. The summed E-state index contributed by atoms with van der Waals surface area (Å²) in [4.78, 5) is 18.3. The van der Waals surface area contributed by atoms with Crippen LogP contribution in [0.4, 0.5) is 0 Å². The second kappa shape index (κ2) is 5.22. The van der Waals surface area contributed by atoms with E-state index in [4.69, 9.17) is 0 Å². The van der Waals surface area contributed by atoms with Crippen LogP contribution in [-0.2, 0) is 13.0 Å². The van der Waals surface area contributed by atoms with Crippen LogP contribution in [0.3, 0.4) is 0 Å². The molecule has 0 saturated heterocycles. The van der Waals surface area contributed by atoms with Gasteiger partial charge in [0.1, 0.15) is 0 Å². The van der Waals surface area contributed by atoms with E-state index < -0.39 is 0 Å². The summed E-state index contributed by atoms with van der Waals surface area (Å²) < 4.78 is 0. The Hall–Kier alpha value is -2.16. The Morgan fingerprint density at radius 2 is 1.95 bits per heavy atom. The molecule has 0 saturated carbocycles. The van der Waals surface area contributed by atoms with Crippen molar-refractivity contribution in [2.24, 2.45) is 0 Å². The van der Waals surface area contributed by atoms with Gasteiger partial charge >= 0.3 is 0 Å². The Morgan fingerprint density at radius 3 is 2.74 bits per heavy atom. The molecule has 1 amide bonds. The largest absolute Gasteiger partial charge is 0.333 e. The van der Waals surface area contributed by atoms with Crippen molar-refractivity contribution in [2.45, 2.75) is 19.4 Å². The number of nitrogens with zero attached hydrogens (tertiary/aromatic N) is 2.